The van der Waals surface area contributed by atoms with Crippen LogP contribution in [0.2, 0.25) is 0 Å². The molecule has 1 aromatic heterocycles. The fourth-order valence-electron chi connectivity index (χ4n) is 1.56. The lowest BCUT2D eigenvalue weighted by atomic mass is 10.1. The summed E-state index contributed by atoms with van der Waals surface area (Å²) in [4.78, 5) is 4.21. The highest BCUT2D eigenvalue weighted by molar-refractivity contribution is 9.10. The molecule has 1 heterocycles. The number of rotatable bonds is 3. The second-order valence-electron chi connectivity index (χ2n) is 4.18. The van der Waals surface area contributed by atoms with Crippen LogP contribution < -0.4 is 5.73 Å². The fraction of sp³-hybridized carbons (Fsp3) is 0.333. The topological polar surface area (TPSA) is 85.2 Å². The summed E-state index contributed by atoms with van der Waals surface area (Å²) in [6.07, 6.45) is -0.732. The van der Waals surface area contributed by atoms with Gasteiger partial charge in [-0.25, -0.2) is 0 Å². The van der Waals surface area contributed by atoms with Crippen molar-refractivity contribution >= 4 is 15.9 Å². The number of aromatic nitrogens is 2. The number of benzene rings is 1. The highest BCUT2D eigenvalue weighted by atomic mass is 79.9. The second-order valence-corrected chi connectivity index (χ2v) is 5.10. The van der Waals surface area contributed by atoms with Crippen LogP contribution in [0.15, 0.2) is 27.2 Å². The van der Waals surface area contributed by atoms with Gasteiger partial charge in [0.05, 0.1) is 6.10 Å². The van der Waals surface area contributed by atoms with Crippen LogP contribution in [0, 0.1) is 6.92 Å². The Balaban J connectivity index is 2.35. The molecule has 0 unspecified atom stereocenters. The molecule has 3 N–H and O–H groups in total. The zero-order valence-electron chi connectivity index (χ0n) is 10.1. The van der Waals surface area contributed by atoms with Crippen molar-refractivity contribution in [1.29, 1.82) is 0 Å². The third-order valence-corrected chi connectivity index (χ3v) is 3.17. The smallest absolute Gasteiger partial charge is 0.246 e. The Bertz CT molecular complexity index is 554. The van der Waals surface area contributed by atoms with Crippen LogP contribution in [0.1, 0.15) is 24.4 Å². The molecule has 1 aromatic carbocycles. The Morgan fingerprint density at radius 1 is 1.44 bits per heavy atom. The highest BCUT2D eigenvalue weighted by Crippen LogP contribution is 2.25. The number of hydrogen-bond donors (Lipinski definition) is 2. The van der Waals surface area contributed by atoms with Crippen LogP contribution in [0.25, 0.3) is 11.4 Å². The Morgan fingerprint density at radius 3 is 2.78 bits per heavy atom. The molecule has 0 aliphatic rings. The number of aryl methyl sites for hydroxylation is 1. The minimum Gasteiger partial charge on any atom is -0.391 e. The predicted molar refractivity (Wildman–Crippen MR) is 70.8 cm³/mol. The molecule has 2 atom stereocenters. The summed E-state index contributed by atoms with van der Waals surface area (Å²) >= 11 is 3.40. The lowest BCUT2D eigenvalue weighted by molar-refractivity contribution is 0.146. The van der Waals surface area contributed by atoms with Crippen molar-refractivity contribution in [2.75, 3.05) is 0 Å². The van der Waals surface area contributed by atoms with E-state index in [0.717, 1.165) is 15.6 Å². The van der Waals surface area contributed by atoms with Crippen molar-refractivity contribution in [1.82, 2.24) is 10.1 Å². The van der Waals surface area contributed by atoms with Crippen LogP contribution in [-0.4, -0.2) is 21.4 Å². The van der Waals surface area contributed by atoms with E-state index in [2.05, 4.69) is 26.1 Å². The summed E-state index contributed by atoms with van der Waals surface area (Å²) in [5, 5.41) is 13.3. The molecular weight excluding hydrogens is 298 g/mol. The van der Waals surface area contributed by atoms with Gasteiger partial charge in [0.25, 0.3) is 0 Å². The van der Waals surface area contributed by atoms with E-state index < -0.39 is 12.1 Å². The first-order valence-corrected chi connectivity index (χ1v) is 6.32. The molecule has 2 rings (SSSR count). The Kier molecular flexibility index (Phi) is 3.79. The van der Waals surface area contributed by atoms with Crippen LogP contribution >= 0.6 is 15.9 Å². The molecule has 0 amide bonds. The van der Waals surface area contributed by atoms with E-state index in [1.807, 2.05) is 25.1 Å². The number of nitrogens with two attached hydrogens (primary N) is 1. The summed E-state index contributed by atoms with van der Waals surface area (Å²) < 4.78 is 6.06. The molecule has 0 radical (unpaired) electrons. The SMILES string of the molecule is Cc1cc(Br)ccc1-c1noc([C@@H](N)[C@@H](C)O)n1. The van der Waals surface area contributed by atoms with Gasteiger partial charge in [-0.2, -0.15) is 4.98 Å². The largest absolute Gasteiger partial charge is 0.391 e. The van der Waals surface area contributed by atoms with E-state index in [9.17, 15) is 5.11 Å². The molecule has 5 nitrogen and oxygen atoms in total. The molecular formula is C12H14BrN3O2. The molecule has 0 fully saturated rings. The van der Waals surface area contributed by atoms with Crippen molar-refractivity contribution in [3.8, 4) is 11.4 Å². The molecule has 2 aromatic rings. The van der Waals surface area contributed by atoms with Crippen LogP contribution in [-0.2, 0) is 0 Å². The van der Waals surface area contributed by atoms with Gasteiger partial charge in [0, 0.05) is 10.0 Å². The lowest BCUT2D eigenvalue weighted by Gasteiger charge is -2.08. The molecule has 18 heavy (non-hydrogen) atoms. The summed E-state index contributed by atoms with van der Waals surface area (Å²) in [5.74, 6) is 0.716. The van der Waals surface area contributed by atoms with Crippen molar-refractivity contribution in [3.05, 3.63) is 34.1 Å². The maximum Gasteiger partial charge on any atom is 0.246 e. The van der Waals surface area contributed by atoms with E-state index in [4.69, 9.17) is 10.3 Å². The summed E-state index contributed by atoms with van der Waals surface area (Å²) in [6.45, 7) is 3.55. The third kappa shape index (κ3) is 2.60. The number of aliphatic hydroxyl groups is 1. The van der Waals surface area contributed by atoms with Gasteiger partial charge in [-0.3, -0.25) is 0 Å². The zero-order chi connectivity index (χ0) is 13.3. The normalized spacial score (nSPS) is 14.5. The van der Waals surface area contributed by atoms with E-state index in [1.54, 1.807) is 6.92 Å². The fourth-order valence-corrected chi connectivity index (χ4v) is 2.04. The number of halogens is 1. The molecule has 0 saturated heterocycles. The average molecular weight is 312 g/mol. The number of nitrogens with zero attached hydrogens (tertiary/aromatic N) is 2. The number of aliphatic hydroxyl groups excluding tert-OH is 1. The van der Waals surface area contributed by atoms with Crippen molar-refractivity contribution in [2.24, 2.45) is 5.73 Å². The first-order valence-electron chi connectivity index (χ1n) is 5.53. The third-order valence-electron chi connectivity index (χ3n) is 2.68. The average Bonchev–Trinajstić information content (AvgIpc) is 2.77. The van der Waals surface area contributed by atoms with Gasteiger partial charge in [0.2, 0.25) is 11.7 Å². The summed E-state index contributed by atoms with van der Waals surface area (Å²) in [5.41, 5.74) is 7.65. The van der Waals surface area contributed by atoms with Crippen LogP contribution in [0.3, 0.4) is 0 Å². The van der Waals surface area contributed by atoms with Gasteiger partial charge in [0.15, 0.2) is 0 Å². The van der Waals surface area contributed by atoms with Gasteiger partial charge >= 0.3 is 0 Å². The quantitative estimate of drug-likeness (QED) is 0.907. The van der Waals surface area contributed by atoms with Crippen molar-refractivity contribution < 1.29 is 9.63 Å². The van der Waals surface area contributed by atoms with Gasteiger partial charge < -0.3 is 15.4 Å². The molecule has 0 saturated carbocycles. The van der Waals surface area contributed by atoms with Gasteiger partial charge in [-0.15, -0.1) is 0 Å². The monoisotopic (exact) mass is 311 g/mol. The first-order chi connectivity index (χ1) is 8.49. The molecule has 0 spiro atoms. The lowest BCUT2D eigenvalue weighted by Crippen LogP contribution is -2.23. The maximum absolute atomic E-state index is 9.39. The van der Waals surface area contributed by atoms with E-state index in [1.165, 1.54) is 0 Å². The Hall–Kier alpha value is -1.24. The number of hydrogen-bond acceptors (Lipinski definition) is 5. The summed E-state index contributed by atoms with van der Waals surface area (Å²) in [7, 11) is 0. The molecule has 6 heteroatoms. The molecule has 0 aliphatic carbocycles. The van der Waals surface area contributed by atoms with E-state index in [0.29, 0.717) is 5.82 Å². The summed E-state index contributed by atoms with van der Waals surface area (Å²) in [6, 6.07) is 5.12. The van der Waals surface area contributed by atoms with Crippen molar-refractivity contribution in [2.45, 2.75) is 26.0 Å². The Morgan fingerprint density at radius 2 is 2.17 bits per heavy atom. The minimum atomic E-state index is -0.732. The van der Waals surface area contributed by atoms with Gasteiger partial charge in [-0.1, -0.05) is 21.1 Å². The first kappa shape index (κ1) is 13.2. The highest BCUT2D eigenvalue weighted by Gasteiger charge is 2.20. The van der Waals surface area contributed by atoms with Crippen LogP contribution in [0.4, 0.5) is 0 Å². The maximum atomic E-state index is 9.39. The predicted octanol–water partition coefficient (Wildman–Crippen LogP) is 2.19. The zero-order valence-corrected chi connectivity index (χ0v) is 11.7. The van der Waals surface area contributed by atoms with Crippen molar-refractivity contribution in [3.63, 3.8) is 0 Å². The van der Waals surface area contributed by atoms with E-state index in [-0.39, 0.29) is 5.89 Å². The van der Waals surface area contributed by atoms with Gasteiger partial charge in [0.1, 0.15) is 6.04 Å². The molecule has 0 bridgehead atoms. The molecule has 96 valence electrons. The van der Waals surface area contributed by atoms with E-state index >= 15 is 0 Å². The Labute approximate surface area is 113 Å². The van der Waals surface area contributed by atoms with Crippen LogP contribution in [0.5, 0.6) is 0 Å². The van der Waals surface area contributed by atoms with Gasteiger partial charge in [-0.05, 0) is 37.6 Å². The second kappa shape index (κ2) is 5.17. The molecule has 0 aliphatic heterocycles. The standard InChI is InChI=1S/C12H14BrN3O2/c1-6-5-8(13)3-4-9(6)11-15-12(18-16-11)10(14)7(2)17/h3-5,7,10,17H,14H2,1-2H3/t7-,10+/m1/s1. The minimum absolute atomic E-state index is 0.238.